The van der Waals surface area contributed by atoms with Gasteiger partial charge >= 0.3 is 23.9 Å². The normalized spacial score (nSPS) is 18.9. The first-order chi connectivity index (χ1) is 23.5. The van der Waals surface area contributed by atoms with Gasteiger partial charge < -0.3 is 18.9 Å². The van der Waals surface area contributed by atoms with Crippen molar-refractivity contribution in [1.29, 1.82) is 0 Å². The van der Waals surface area contributed by atoms with Crippen LogP contribution in [0.2, 0.25) is 0 Å². The number of allylic oxidation sites excluding steroid dienone is 2. The van der Waals surface area contributed by atoms with Crippen molar-refractivity contribution >= 4 is 47.4 Å². The molecular weight excluding hydrogens is 665 g/mol. The van der Waals surface area contributed by atoms with Crippen LogP contribution in [0.5, 0.6) is 0 Å². The molecule has 0 aromatic heterocycles. The lowest BCUT2D eigenvalue weighted by molar-refractivity contribution is -0.141. The number of nitrogens with zero attached hydrogens (tertiary/aromatic N) is 2. The molecule has 1 aliphatic carbocycles. The highest BCUT2D eigenvalue weighted by molar-refractivity contribution is 8.08. The maximum atomic E-state index is 14.3. The van der Waals surface area contributed by atoms with Gasteiger partial charge in [0.05, 0.1) is 34.0 Å². The maximum Gasteiger partial charge on any atom is 0.345 e. The second-order valence-corrected chi connectivity index (χ2v) is 14.6. The third-order valence-electron chi connectivity index (χ3n) is 8.62. The molecule has 0 amide bonds. The molecule has 2 aromatic carbocycles. The van der Waals surface area contributed by atoms with Gasteiger partial charge in [-0.1, -0.05) is 104 Å². The zero-order valence-corrected chi connectivity index (χ0v) is 30.1. The van der Waals surface area contributed by atoms with Crippen LogP contribution in [-0.2, 0) is 51.2 Å². The molecule has 1 saturated heterocycles. The Morgan fingerprint density at radius 3 is 1.84 bits per heavy atom. The van der Waals surface area contributed by atoms with E-state index in [1.807, 2.05) is 60.7 Å². The van der Waals surface area contributed by atoms with Gasteiger partial charge in [-0.3, -0.25) is 9.80 Å². The molecule has 1 spiro atoms. The quantitative estimate of drug-likeness (QED) is 0.175. The average molecular weight is 705 g/mol. The molecule has 49 heavy (non-hydrogen) atoms. The van der Waals surface area contributed by atoms with Gasteiger partial charge in [-0.25, -0.2) is 19.2 Å². The Morgan fingerprint density at radius 1 is 0.796 bits per heavy atom. The van der Waals surface area contributed by atoms with Crippen molar-refractivity contribution in [3.8, 4) is 0 Å². The summed E-state index contributed by atoms with van der Waals surface area (Å²) in [5.74, 6) is -2.76. The van der Waals surface area contributed by atoms with Crippen LogP contribution in [0.25, 0.3) is 0 Å². The number of esters is 4. The van der Waals surface area contributed by atoms with E-state index in [9.17, 15) is 19.2 Å². The first-order valence-electron chi connectivity index (χ1n) is 15.7. The number of thioether (sulfide) groups is 2. The van der Waals surface area contributed by atoms with Gasteiger partial charge in [0.1, 0.15) is 15.5 Å². The summed E-state index contributed by atoms with van der Waals surface area (Å²) in [4.78, 5) is 59.7. The second kappa shape index (κ2) is 15.2. The highest BCUT2D eigenvalue weighted by Crippen LogP contribution is 2.61. The summed E-state index contributed by atoms with van der Waals surface area (Å²) in [5.41, 5.74) is 1.08. The maximum absolute atomic E-state index is 14.3. The van der Waals surface area contributed by atoms with Crippen molar-refractivity contribution in [3.05, 3.63) is 115 Å². The zero-order chi connectivity index (χ0) is 35.3. The molecule has 3 aliphatic rings. The van der Waals surface area contributed by atoms with Gasteiger partial charge in [0.2, 0.25) is 0 Å². The number of methoxy groups -OCH3 is 4. The minimum absolute atomic E-state index is 0.00915. The molecule has 0 bridgehead atoms. The first kappa shape index (κ1) is 36.2. The van der Waals surface area contributed by atoms with Crippen LogP contribution in [0.4, 0.5) is 0 Å². The Bertz CT molecular complexity index is 1700. The molecule has 2 aliphatic heterocycles. The summed E-state index contributed by atoms with van der Waals surface area (Å²) in [6, 6.07) is 19.8. The van der Waals surface area contributed by atoms with Crippen molar-refractivity contribution in [1.82, 2.24) is 9.80 Å². The highest BCUT2D eigenvalue weighted by Gasteiger charge is 2.61. The molecule has 0 radical (unpaired) electrons. The fourth-order valence-electron chi connectivity index (χ4n) is 6.59. The molecule has 5 rings (SSSR count). The smallest absolute Gasteiger partial charge is 0.345 e. The highest BCUT2D eigenvalue weighted by atomic mass is 32.2. The Morgan fingerprint density at radius 2 is 1.35 bits per heavy atom. The number of ether oxygens (including phenoxy) is 4. The van der Waals surface area contributed by atoms with E-state index in [-0.39, 0.29) is 15.4 Å². The van der Waals surface area contributed by atoms with Crippen molar-refractivity contribution < 1.29 is 38.1 Å². The van der Waals surface area contributed by atoms with Crippen molar-refractivity contribution in [3.63, 3.8) is 0 Å². The third-order valence-corrected chi connectivity index (χ3v) is 10.8. The lowest BCUT2D eigenvalue weighted by Gasteiger charge is -2.51. The van der Waals surface area contributed by atoms with E-state index in [0.717, 1.165) is 39.4 Å². The molecule has 0 unspecified atom stereocenters. The van der Waals surface area contributed by atoms with E-state index in [1.54, 1.807) is 0 Å². The number of rotatable bonds is 10. The monoisotopic (exact) mass is 704 g/mol. The van der Waals surface area contributed by atoms with Crippen LogP contribution >= 0.6 is 23.5 Å². The predicted octanol–water partition coefficient (Wildman–Crippen LogP) is 5.58. The average Bonchev–Trinajstić information content (AvgIpc) is 3.42. The Balaban J connectivity index is 1.85. The number of hydrogen-bond donors (Lipinski definition) is 0. The molecule has 2 heterocycles. The van der Waals surface area contributed by atoms with Crippen LogP contribution < -0.4 is 0 Å². The Kier molecular flexibility index (Phi) is 11.2. The summed E-state index contributed by atoms with van der Waals surface area (Å²) in [7, 11) is 5.08. The summed E-state index contributed by atoms with van der Waals surface area (Å²) in [6.07, 6.45) is 3.70. The molecule has 0 saturated carbocycles. The molecular formula is C37H40N2O8S2. The van der Waals surface area contributed by atoms with E-state index >= 15 is 0 Å². The number of fused-ring (bicyclic) bond motifs is 1. The molecule has 0 atom stereocenters. The van der Waals surface area contributed by atoms with Crippen LogP contribution in [0, 0.1) is 5.41 Å². The second-order valence-electron chi connectivity index (χ2n) is 12.4. The van der Waals surface area contributed by atoms with E-state index in [2.05, 4.69) is 29.7 Å². The van der Waals surface area contributed by atoms with Gasteiger partial charge in [-0.15, -0.1) is 0 Å². The van der Waals surface area contributed by atoms with E-state index in [0.29, 0.717) is 37.5 Å². The molecule has 10 nitrogen and oxygen atoms in total. The number of benzene rings is 2. The molecule has 0 N–H and O–H groups in total. The van der Waals surface area contributed by atoms with Crippen LogP contribution in [0.3, 0.4) is 0 Å². The first-order valence-corrected chi connectivity index (χ1v) is 17.3. The number of carbonyl (C=O) groups is 4. The zero-order valence-electron chi connectivity index (χ0n) is 28.4. The predicted molar refractivity (Wildman–Crippen MR) is 188 cm³/mol. The van der Waals surface area contributed by atoms with Crippen molar-refractivity contribution in [2.75, 3.05) is 41.5 Å². The van der Waals surface area contributed by atoms with Crippen molar-refractivity contribution in [2.45, 2.75) is 39.0 Å². The third kappa shape index (κ3) is 7.28. The van der Waals surface area contributed by atoms with Gasteiger partial charge in [-0.2, -0.15) is 0 Å². The van der Waals surface area contributed by atoms with Crippen molar-refractivity contribution in [2.24, 2.45) is 5.41 Å². The topological polar surface area (TPSA) is 112 Å². The lowest BCUT2D eigenvalue weighted by Crippen LogP contribution is -2.60. The molecule has 1 fully saturated rings. The Labute approximate surface area is 295 Å². The fraction of sp³-hybridized carbons (Fsp3) is 0.351. The van der Waals surface area contributed by atoms with Gasteiger partial charge in [-0.05, 0) is 27.9 Å². The van der Waals surface area contributed by atoms with E-state index in [1.165, 1.54) is 40.2 Å². The molecule has 12 heteroatoms. The van der Waals surface area contributed by atoms with Crippen LogP contribution in [-0.4, -0.2) is 80.9 Å². The molecule has 258 valence electrons. The minimum Gasteiger partial charge on any atom is -0.466 e. The largest absolute Gasteiger partial charge is 0.466 e. The van der Waals surface area contributed by atoms with E-state index < -0.39 is 35.0 Å². The van der Waals surface area contributed by atoms with Crippen LogP contribution in [0.15, 0.2) is 104 Å². The van der Waals surface area contributed by atoms with Gasteiger partial charge in [0.15, 0.2) is 0 Å². The Hall–Kier alpha value is -4.10. The molecule has 2 aromatic rings. The summed E-state index contributed by atoms with van der Waals surface area (Å²) >= 11 is 2.27. The minimum atomic E-state index is -1.36. The summed E-state index contributed by atoms with van der Waals surface area (Å²) < 4.78 is 20.8. The number of carbonyl (C=O) groups excluding carboxylic acids is 4. The fourth-order valence-corrected chi connectivity index (χ4v) is 9.50. The summed E-state index contributed by atoms with van der Waals surface area (Å²) in [5, 5.41) is 0. The standard InChI is InChI=1S/C37H40N2O8S2/c1-36(2)20-27(48-26(33(41)45-4)19-29(40)44-3)30-28(21-36)49-32(35(43)47-6)31(34(42)46-5)37(30)38(22-24-13-9-7-10-14-24)17-18-39(37)23-25-15-11-8-12-16-25/h7-16,19-20H,17-18,21-23H2,1-6H3/b26-19-. The van der Waals surface area contributed by atoms with E-state index in [4.69, 9.17) is 18.9 Å². The lowest BCUT2D eigenvalue weighted by atomic mass is 9.77. The van der Waals surface area contributed by atoms with Gasteiger partial charge in [0.25, 0.3) is 0 Å². The summed E-state index contributed by atoms with van der Waals surface area (Å²) in [6.45, 7) is 6.02. The number of hydrogen-bond acceptors (Lipinski definition) is 12. The van der Waals surface area contributed by atoms with Gasteiger partial charge in [0, 0.05) is 42.7 Å². The SMILES string of the molecule is COC(=O)/C=C(\SC1=CC(C)(C)CC2=C1C1(C(C(=O)OC)=C(C(=O)OC)S2)N(Cc2ccccc2)CCN1Cc1ccccc1)C(=O)OC. The van der Waals surface area contributed by atoms with Crippen LogP contribution in [0.1, 0.15) is 31.4 Å².